The molecule has 1 nitrogen and oxygen atoms in total. The van der Waals surface area contributed by atoms with Gasteiger partial charge < -0.3 is 5.73 Å². The molecule has 0 aliphatic heterocycles. The highest BCUT2D eigenvalue weighted by atomic mass is 32.2. The van der Waals surface area contributed by atoms with Crippen LogP contribution >= 0.6 is 11.8 Å². The van der Waals surface area contributed by atoms with Gasteiger partial charge in [-0.15, -0.1) is 11.8 Å². The summed E-state index contributed by atoms with van der Waals surface area (Å²) in [6.45, 7) is 2.07. The minimum Gasteiger partial charge on any atom is -0.323 e. The third-order valence-electron chi connectivity index (χ3n) is 2.75. The SMILES string of the molecule is Cc1ccc(SCC(N)c2ccc(F)cc2)cc1. The predicted octanol–water partition coefficient (Wildman–Crippen LogP) is 3.93. The van der Waals surface area contributed by atoms with Crippen molar-refractivity contribution in [2.45, 2.75) is 17.9 Å². The lowest BCUT2D eigenvalue weighted by atomic mass is 10.1. The molecule has 2 aromatic carbocycles. The molecule has 0 aliphatic carbocycles. The summed E-state index contributed by atoms with van der Waals surface area (Å²) in [4.78, 5) is 1.21. The van der Waals surface area contributed by atoms with Crippen LogP contribution in [0.4, 0.5) is 4.39 Å². The van der Waals surface area contributed by atoms with Crippen LogP contribution in [0.5, 0.6) is 0 Å². The molecular formula is C15H16FNS. The zero-order valence-electron chi connectivity index (χ0n) is 10.3. The Kier molecular flexibility index (Phi) is 4.39. The molecule has 0 aliphatic rings. The van der Waals surface area contributed by atoms with E-state index in [0.29, 0.717) is 0 Å². The van der Waals surface area contributed by atoms with Crippen molar-refractivity contribution in [3.63, 3.8) is 0 Å². The number of rotatable bonds is 4. The molecule has 3 heteroatoms. The molecule has 18 heavy (non-hydrogen) atoms. The molecule has 0 bridgehead atoms. The van der Waals surface area contributed by atoms with Crippen molar-refractivity contribution < 1.29 is 4.39 Å². The maximum Gasteiger partial charge on any atom is 0.123 e. The molecule has 0 saturated carbocycles. The van der Waals surface area contributed by atoms with E-state index in [4.69, 9.17) is 5.73 Å². The van der Waals surface area contributed by atoms with E-state index in [1.54, 1.807) is 23.9 Å². The molecule has 2 N–H and O–H groups in total. The van der Waals surface area contributed by atoms with Crippen molar-refractivity contribution in [3.05, 3.63) is 65.5 Å². The van der Waals surface area contributed by atoms with Crippen molar-refractivity contribution in [2.75, 3.05) is 5.75 Å². The van der Waals surface area contributed by atoms with Crippen LogP contribution in [0.1, 0.15) is 17.2 Å². The Labute approximate surface area is 111 Å². The summed E-state index contributed by atoms with van der Waals surface area (Å²) in [5, 5.41) is 0. The molecule has 0 aromatic heterocycles. The van der Waals surface area contributed by atoms with Gasteiger partial charge in [0.25, 0.3) is 0 Å². The Balaban J connectivity index is 1.93. The molecule has 1 unspecified atom stereocenters. The van der Waals surface area contributed by atoms with E-state index >= 15 is 0 Å². The average Bonchev–Trinajstić information content (AvgIpc) is 2.38. The molecule has 1 atom stereocenters. The van der Waals surface area contributed by atoms with Gasteiger partial charge in [-0.05, 0) is 36.8 Å². The summed E-state index contributed by atoms with van der Waals surface area (Å²) >= 11 is 1.72. The second-order valence-corrected chi connectivity index (χ2v) is 5.38. The number of hydrogen-bond acceptors (Lipinski definition) is 2. The molecular weight excluding hydrogens is 245 g/mol. The Morgan fingerprint density at radius 1 is 1.06 bits per heavy atom. The van der Waals surface area contributed by atoms with E-state index in [-0.39, 0.29) is 11.9 Å². The Hall–Kier alpha value is -1.32. The number of halogens is 1. The minimum absolute atomic E-state index is 0.0723. The van der Waals surface area contributed by atoms with Crippen LogP contribution in [0.2, 0.25) is 0 Å². The number of hydrogen-bond donors (Lipinski definition) is 1. The van der Waals surface area contributed by atoms with Crippen molar-refractivity contribution in [1.29, 1.82) is 0 Å². The monoisotopic (exact) mass is 261 g/mol. The quantitative estimate of drug-likeness (QED) is 0.844. The lowest BCUT2D eigenvalue weighted by Gasteiger charge is -2.11. The average molecular weight is 261 g/mol. The van der Waals surface area contributed by atoms with E-state index < -0.39 is 0 Å². The summed E-state index contributed by atoms with van der Waals surface area (Å²) in [5.41, 5.74) is 8.30. The van der Waals surface area contributed by atoms with Crippen LogP contribution in [0, 0.1) is 12.7 Å². The second-order valence-electron chi connectivity index (χ2n) is 4.28. The Morgan fingerprint density at radius 2 is 1.67 bits per heavy atom. The Morgan fingerprint density at radius 3 is 2.28 bits per heavy atom. The predicted molar refractivity (Wildman–Crippen MR) is 75.2 cm³/mol. The lowest BCUT2D eigenvalue weighted by Crippen LogP contribution is -2.12. The highest BCUT2D eigenvalue weighted by molar-refractivity contribution is 7.99. The van der Waals surface area contributed by atoms with Gasteiger partial charge in [0.05, 0.1) is 0 Å². The van der Waals surface area contributed by atoms with Crippen LogP contribution in [0.3, 0.4) is 0 Å². The van der Waals surface area contributed by atoms with Crippen LogP contribution in [0.15, 0.2) is 53.4 Å². The van der Waals surface area contributed by atoms with Crippen LogP contribution in [-0.4, -0.2) is 5.75 Å². The third kappa shape index (κ3) is 3.59. The van der Waals surface area contributed by atoms with E-state index in [2.05, 4.69) is 31.2 Å². The fourth-order valence-corrected chi connectivity index (χ4v) is 2.52. The van der Waals surface area contributed by atoms with Gasteiger partial charge in [-0.25, -0.2) is 4.39 Å². The van der Waals surface area contributed by atoms with Crippen molar-refractivity contribution in [1.82, 2.24) is 0 Å². The molecule has 0 heterocycles. The number of aryl methyl sites for hydroxylation is 1. The first-order chi connectivity index (χ1) is 8.65. The smallest absolute Gasteiger partial charge is 0.123 e. The van der Waals surface area contributed by atoms with Crippen molar-refractivity contribution in [2.24, 2.45) is 5.73 Å². The highest BCUT2D eigenvalue weighted by Gasteiger charge is 2.06. The Bertz CT molecular complexity index is 493. The molecule has 0 saturated heterocycles. The van der Waals surface area contributed by atoms with Crippen LogP contribution in [-0.2, 0) is 0 Å². The van der Waals surface area contributed by atoms with Gasteiger partial charge in [-0.2, -0.15) is 0 Å². The topological polar surface area (TPSA) is 26.0 Å². The van der Waals surface area contributed by atoms with Gasteiger partial charge in [0, 0.05) is 16.7 Å². The van der Waals surface area contributed by atoms with E-state index in [1.165, 1.54) is 22.6 Å². The number of benzene rings is 2. The van der Waals surface area contributed by atoms with E-state index in [9.17, 15) is 4.39 Å². The zero-order chi connectivity index (χ0) is 13.0. The van der Waals surface area contributed by atoms with Crippen LogP contribution < -0.4 is 5.73 Å². The maximum atomic E-state index is 12.8. The van der Waals surface area contributed by atoms with E-state index in [1.807, 2.05) is 0 Å². The van der Waals surface area contributed by atoms with E-state index in [0.717, 1.165) is 11.3 Å². The zero-order valence-corrected chi connectivity index (χ0v) is 11.1. The van der Waals surface area contributed by atoms with Gasteiger partial charge in [0.2, 0.25) is 0 Å². The molecule has 0 fully saturated rings. The van der Waals surface area contributed by atoms with Crippen molar-refractivity contribution >= 4 is 11.8 Å². The highest BCUT2D eigenvalue weighted by Crippen LogP contribution is 2.23. The molecule has 94 valence electrons. The van der Waals surface area contributed by atoms with Gasteiger partial charge in [0.15, 0.2) is 0 Å². The minimum atomic E-state index is -0.225. The number of nitrogens with two attached hydrogens (primary N) is 1. The summed E-state index contributed by atoms with van der Waals surface area (Å²) < 4.78 is 12.8. The molecule has 0 radical (unpaired) electrons. The summed E-state index contributed by atoms with van der Waals surface area (Å²) in [6.07, 6.45) is 0. The molecule has 0 amide bonds. The fraction of sp³-hybridized carbons (Fsp3) is 0.200. The summed E-state index contributed by atoms with van der Waals surface area (Å²) in [6, 6.07) is 14.7. The van der Waals surface area contributed by atoms with Gasteiger partial charge in [-0.3, -0.25) is 0 Å². The standard InChI is InChI=1S/C15H16FNS/c1-11-2-8-14(9-3-11)18-10-15(17)12-4-6-13(16)7-5-12/h2-9,15H,10,17H2,1H3. The number of thioether (sulfide) groups is 1. The second kappa shape index (κ2) is 6.03. The fourth-order valence-electron chi connectivity index (χ4n) is 1.63. The summed E-state index contributed by atoms with van der Waals surface area (Å²) in [7, 11) is 0. The first-order valence-corrected chi connectivity index (χ1v) is 6.84. The van der Waals surface area contributed by atoms with Gasteiger partial charge in [-0.1, -0.05) is 29.8 Å². The largest absolute Gasteiger partial charge is 0.323 e. The molecule has 0 spiro atoms. The van der Waals surface area contributed by atoms with Crippen molar-refractivity contribution in [3.8, 4) is 0 Å². The van der Waals surface area contributed by atoms with Gasteiger partial charge >= 0.3 is 0 Å². The molecule has 2 rings (SSSR count). The molecule has 2 aromatic rings. The third-order valence-corrected chi connectivity index (χ3v) is 3.88. The lowest BCUT2D eigenvalue weighted by molar-refractivity contribution is 0.626. The van der Waals surface area contributed by atoms with Crippen LogP contribution in [0.25, 0.3) is 0 Å². The van der Waals surface area contributed by atoms with Gasteiger partial charge in [0.1, 0.15) is 5.82 Å². The normalized spacial score (nSPS) is 12.4. The maximum absolute atomic E-state index is 12.8. The summed E-state index contributed by atoms with van der Waals surface area (Å²) in [5.74, 6) is 0.562. The first kappa shape index (κ1) is 13.1. The first-order valence-electron chi connectivity index (χ1n) is 5.85.